The maximum Gasteiger partial charge on any atom is 0.147 e. The molecule has 0 bridgehead atoms. The summed E-state index contributed by atoms with van der Waals surface area (Å²) in [7, 11) is 0. The van der Waals surface area contributed by atoms with Crippen LogP contribution in [0.15, 0.2) is 12.3 Å². The number of rotatable bonds is 1. The van der Waals surface area contributed by atoms with Gasteiger partial charge in [0.25, 0.3) is 0 Å². The first-order chi connectivity index (χ1) is 5.77. The van der Waals surface area contributed by atoms with Gasteiger partial charge < -0.3 is 4.74 Å². The molecular formula is C8H7Cl2NO. The van der Waals surface area contributed by atoms with Crippen molar-refractivity contribution < 1.29 is 4.74 Å². The van der Waals surface area contributed by atoms with Crippen LogP contribution in [-0.4, -0.2) is 18.2 Å². The maximum absolute atomic E-state index is 5.80. The summed E-state index contributed by atoms with van der Waals surface area (Å²) in [6, 6.07) is 1.85. The van der Waals surface area contributed by atoms with Crippen molar-refractivity contribution in [2.45, 2.75) is 5.92 Å². The van der Waals surface area contributed by atoms with E-state index in [2.05, 4.69) is 4.98 Å². The second kappa shape index (κ2) is 3.21. The van der Waals surface area contributed by atoms with Gasteiger partial charge in [-0.05, 0) is 11.6 Å². The van der Waals surface area contributed by atoms with Gasteiger partial charge in [0.1, 0.15) is 5.15 Å². The monoisotopic (exact) mass is 203 g/mol. The van der Waals surface area contributed by atoms with Crippen LogP contribution in [0.4, 0.5) is 0 Å². The Morgan fingerprint density at radius 1 is 1.42 bits per heavy atom. The van der Waals surface area contributed by atoms with Crippen LogP contribution in [0.5, 0.6) is 0 Å². The smallest absolute Gasteiger partial charge is 0.147 e. The first-order valence-electron chi connectivity index (χ1n) is 3.66. The molecule has 1 saturated heterocycles. The fraction of sp³-hybridized carbons (Fsp3) is 0.375. The fourth-order valence-electron chi connectivity index (χ4n) is 1.09. The van der Waals surface area contributed by atoms with Crippen molar-refractivity contribution >= 4 is 23.2 Å². The van der Waals surface area contributed by atoms with Crippen LogP contribution in [0.25, 0.3) is 0 Å². The number of nitrogens with zero attached hydrogens (tertiary/aromatic N) is 1. The third-order valence-corrected chi connectivity index (χ3v) is 2.61. The Labute approximate surface area is 80.5 Å². The summed E-state index contributed by atoms with van der Waals surface area (Å²) < 4.78 is 5.06. The van der Waals surface area contributed by atoms with Crippen molar-refractivity contribution in [3.8, 4) is 0 Å². The van der Waals surface area contributed by atoms with Gasteiger partial charge in [-0.15, -0.1) is 0 Å². The highest BCUT2D eigenvalue weighted by Gasteiger charge is 2.21. The Morgan fingerprint density at radius 3 is 2.67 bits per heavy atom. The predicted molar refractivity (Wildman–Crippen MR) is 47.8 cm³/mol. The van der Waals surface area contributed by atoms with Crippen molar-refractivity contribution in [3.63, 3.8) is 0 Å². The molecule has 0 atom stereocenters. The van der Waals surface area contributed by atoms with Gasteiger partial charge in [0.2, 0.25) is 0 Å². The van der Waals surface area contributed by atoms with Crippen molar-refractivity contribution in [2.24, 2.45) is 0 Å². The predicted octanol–water partition coefficient (Wildman–Crippen LogP) is 2.50. The van der Waals surface area contributed by atoms with E-state index in [1.165, 1.54) is 0 Å². The van der Waals surface area contributed by atoms with Crippen LogP contribution in [-0.2, 0) is 4.74 Å². The van der Waals surface area contributed by atoms with Gasteiger partial charge in [-0.2, -0.15) is 0 Å². The van der Waals surface area contributed by atoms with Gasteiger partial charge in [-0.3, -0.25) is 0 Å². The molecular weight excluding hydrogens is 197 g/mol. The van der Waals surface area contributed by atoms with Crippen molar-refractivity contribution in [2.75, 3.05) is 13.2 Å². The summed E-state index contributed by atoms with van der Waals surface area (Å²) >= 11 is 11.5. The quantitative estimate of drug-likeness (QED) is 0.655. The Balaban J connectivity index is 2.27. The van der Waals surface area contributed by atoms with E-state index in [0.29, 0.717) is 16.1 Å². The standard InChI is InChI=1S/C8H7Cl2NO/c9-7-1-5(2-11-8(7)10)6-3-12-4-6/h1-2,6H,3-4H2. The minimum absolute atomic E-state index is 0.362. The lowest BCUT2D eigenvalue weighted by Gasteiger charge is -2.26. The molecule has 2 heterocycles. The number of hydrogen-bond donors (Lipinski definition) is 0. The molecule has 0 aromatic carbocycles. The molecule has 0 saturated carbocycles. The molecule has 0 amide bonds. The van der Waals surface area contributed by atoms with Crippen molar-refractivity contribution in [1.29, 1.82) is 0 Å². The zero-order chi connectivity index (χ0) is 8.55. The summed E-state index contributed by atoms with van der Waals surface area (Å²) in [5.41, 5.74) is 1.11. The lowest BCUT2D eigenvalue weighted by Crippen LogP contribution is -2.25. The van der Waals surface area contributed by atoms with E-state index < -0.39 is 0 Å². The summed E-state index contributed by atoms with van der Waals surface area (Å²) in [6.07, 6.45) is 1.75. The summed E-state index contributed by atoms with van der Waals surface area (Å²) in [4.78, 5) is 3.96. The van der Waals surface area contributed by atoms with E-state index in [0.717, 1.165) is 18.8 Å². The molecule has 12 heavy (non-hydrogen) atoms. The summed E-state index contributed by atoms with van der Waals surface area (Å²) in [6.45, 7) is 1.53. The van der Waals surface area contributed by atoms with E-state index in [1.54, 1.807) is 6.20 Å². The van der Waals surface area contributed by atoms with Crippen LogP contribution < -0.4 is 0 Å². The van der Waals surface area contributed by atoms with Gasteiger partial charge in [0.15, 0.2) is 0 Å². The molecule has 0 radical (unpaired) electrons. The molecule has 1 aromatic heterocycles. The van der Waals surface area contributed by atoms with E-state index in [9.17, 15) is 0 Å². The fourth-order valence-corrected chi connectivity index (χ4v) is 1.37. The Morgan fingerprint density at radius 2 is 2.17 bits per heavy atom. The van der Waals surface area contributed by atoms with Crippen LogP contribution in [0.2, 0.25) is 10.2 Å². The molecule has 64 valence electrons. The average molecular weight is 204 g/mol. The molecule has 1 aromatic rings. The van der Waals surface area contributed by atoms with E-state index in [-0.39, 0.29) is 0 Å². The maximum atomic E-state index is 5.80. The average Bonchev–Trinajstić information content (AvgIpc) is 1.93. The number of ether oxygens (including phenoxy) is 1. The number of aromatic nitrogens is 1. The van der Waals surface area contributed by atoms with Crippen LogP contribution in [0, 0.1) is 0 Å². The Kier molecular flexibility index (Phi) is 2.22. The third kappa shape index (κ3) is 1.42. The highest BCUT2D eigenvalue weighted by molar-refractivity contribution is 6.41. The molecule has 4 heteroatoms. The topological polar surface area (TPSA) is 22.1 Å². The van der Waals surface area contributed by atoms with Gasteiger partial charge in [-0.1, -0.05) is 23.2 Å². The van der Waals surface area contributed by atoms with Gasteiger partial charge in [-0.25, -0.2) is 4.98 Å². The van der Waals surface area contributed by atoms with Crippen LogP contribution in [0.3, 0.4) is 0 Å². The van der Waals surface area contributed by atoms with Gasteiger partial charge in [0, 0.05) is 12.1 Å². The third-order valence-electron chi connectivity index (χ3n) is 1.93. The molecule has 2 nitrogen and oxygen atoms in total. The molecule has 0 N–H and O–H groups in total. The first-order valence-corrected chi connectivity index (χ1v) is 4.41. The van der Waals surface area contributed by atoms with Crippen LogP contribution >= 0.6 is 23.2 Å². The van der Waals surface area contributed by atoms with E-state index in [1.807, 2.05) is 6.07 Å². The van der Waals surface area contributed by atoms with Gasteiger partial charge in [0.05, 0.1) is 18.2 Å². The number of halogens is 2. The Hall–Kier alpha value is -0.310. The number of hydrogen-bond acceptors (Lipinski definition) is 2. The van der Waals surface area contributed by atoms with E-state index >= 15 is 0 Å². The molecule has 0 unspecified atom stereocenters. The molecule has 1 aliphatic heterocycles. The largest absolute Gasteiger partial charge is 0.380 e. The molecule has 0 aliphatic carbocycles. The second-order valence-electron chi connectivity index (χ2n) is 2.78. The highest BCUT2D eigenvalue weighted by atomic mass is 35.5. The minimum Gasteiger partial charge on any atom is -0.380 e. The molecule has 2 rings (SSSR count). The molecule has 1 fully saturated rings. The highest BCUT2D eigenvalue weighted by Crippen LogP contribution is 2.28. The van der Waals surface area contributed by atoms with Crippen molar-refractivity contribution in [3.05, 3.63) is 28.0 Å². The van der Waals surface area contributed by atoms with Gasteiger partial charge >= 0.3 is 0 Å². The number of pyridine rings is 1. The minimum atomic E-state index is 0.362. The first kappa shape index (κ1) is 8.30. The van der Waals surface area contributed by atoms with Crippen LogP contribution in [0.1, 0.15) is 11.5 Å². The SMILES string of the molecule is Clc1cc(C2COC2)cnc1Cl. The zero-order valence-electron chi connectivity index (χ0n) is 6.26. The summed E-state index contributed by atoms with van der Waals surface area (Å²) in [5.74, 6) is 0.451. The molecule has 1 aliphatic rings. The molecule has 0 spiro atoms. The lowest BCUT2D eigenvalue weighted by atomic mass is 10.00. The second-order valence-corrected chi connectivity index (χ2v) is 3.54. The Bertz CT molecular complexity index is 299. The lowest BCUT2D eigenvalue weighted by molar-refractivity contribution is 0.00829. The zero-order valence-corrected chi connectivity index (χ0v) is 7.77. The summed E-state index contributed by atoms with van der Waals surface area (Å²) in [5, 5.41) is 0.877. The normalized spacial score (nSPS) is 17.5. The van der Waals surface area contributed by atoms with Crippen molar-refractivity contribution in [1.82, 2.24) is 4.98 Å². The van der Waals surface area contributed by atoms with E-state index in [4.69, 9.17) is 27.9 Å².